The molecule has 5 nitrogen and oxygen atoms in total. The highest BCUT2D eigenvalue weighted by Gasteiger charge is 2.33. The summed E-state index contributed by atoms with van der Waals surface area (Å²) < 4.78 is -0.648. The van der Waals surface area contributed by atoms with Gasteiger partial charge in [0.05, 0.1) is 5.75 Å². The molecule has 0 radical (unpaired) electrons. The Hall–Kier alpha value is -0.750. The first-order valence-corrected chi connectivity index (χ1v) is 7.62. The van der Waals surface area contributed by atoms with Crippen LogP contribution in [0, 0.1) is 5.92 Å². The monoisotopic (exact) mass is 288 g/mol. The van der Waals surface area contributed by atoms with E-state index in [2.05, 4.69) is 6.92 Å². The quantitative estimate of drug-likeness (QED) is 0.793. The average Bonchev–Trinajstić information content (AvgIpc) is 2.35. The van der Waals surface area contributed by atoms with E-state index in [9.17, 15) is 9.59 Å². The zero-order valence-corrected chi connectivity index (χ0v) is 12.7. The molecular formula is C13H24N2O3S. The van der Waals surface area contributed by atoms with Crippen LogP contribution in [-0.2, 0) is 9.59 Å². The number of carbonyl (C=O) groups excluding carboxylic acids is 1. The number of piperidine rings is 1. The number of hydrogen-bond donors (Lipinski definition) is 2. The minimum Gasteiger partial charge on any atom is -0.480 e. The van der Waals surface area contributed by atoms with E-state index in [-0.39, 0.29) is 5.91 Å². The molecule has 1 aliphatic heterocycles. The van der Waals surface area contributed by atoms with Crippen LogP contribution in [0.15, 0.2) is 0 Å². The Morgan fingerprint density at radius 3 is 2.42 bits per heavy atom. The molecule has 0 aromatic rings. The van der Waals surface area contributed by atoms with Crippen LogP contribution in [0.1, 0.15) is 33.6 Å². The van der Waals surface area contributed by atoms with Gasteiger partial charge in [-0.05, 0) is 32.6 Å². The number of rotatable bonds is 5. The number of aliphatic carboxylic acids is 1. The standard InChI is InChI=1S/C13H24N2O3S/c1-9-4-6-15(7-5-9)10(16)8-19-13(2,3)11(14)12(17)18/h9,11H,4-8,14H2,1-3H3,(H,17,18)/t11-/m0/s1. The first-order valence-electron chi connectivity index (χ1n) is 6.64. The lowest BCUT2D eigenvalue weighted by Gasteiger charge is -2.32. The highest BCUT2D eigenvalue weighted by atomic mass is 32.2. The topological polar surface area (TPSA) is 83.6 Å². The van der Waals surface area contributed by atoms with Gasteiger partial charge in [0.25, 0.3) is 0 Å². The van der Waals surface area contributed by atoms with Gasteiger partial charge in [-0.1, -0.05) is 6.92 Å². The molecule has 110 valence electrons. The Labute approximate surface area is 118 Å². The van der Waals surface area contributed by atoms with Gasteiger partial charge in [-0.2, -0.15) is 0 Å². The van der Waals surface area contributed by atoms with Crippen molar-refractivity contribution >= 4 is 23.6 Å². The van der Waals surface area contributed by atoms with Crippen LogP contribution in [0.25, 0.3) is 0 Å². The summed E-state index contributed by atoms with van der Waals surface area (Å²) in [4.78, 5) is 24.8. The molecule has 0 aromatic heterocycles. The van der Waals surface area contributed by atoms with E-state index in [1.165, 1.54) is 11.8 Å². The number of nitrogens with two attached hydrogens (primary N) is 1. The van der Waals surface area contributed by atoms with E-state index in [4.69, 9.17) is 10.8 Å². The van der Waals surface area contributed by atoms with Gasteiger partial charge in [0.15, 0.2) is 0 Å². The molecule has 0 saturated carbocycles. The summed E-state index contributed by atoms with van der Waals surface area (Å²) in [6, 6.07) is -0.966. The molecule has 1 amide bonds. The molecular weight excluding hydrogens is 264 g/mol. The van der Waals surface area contributed by atoms with E-state index in [0.29, 0.717) is 11.7 Å². The van der Waals surface area contributed by atoms with Crippen molar-refractivity contribution in [1.82, 2.24) is 4.90 Å². The summed E-state index contributed by atoms with van der Waals surface area (Å²) in [6.45, 7) is 7.35. The van der Waals surface area contributed by atoms with Crippen LogP contribution in [-0.4, -0.2) is 51.5 Å². The largest absolute Gasteiger partial charge is 0.480 e. The fourth-order valence-electron chi connectivity index (χ4n) is 1.98. The molecule has 19 heavy (non-hydrogen) atoms. The maximum atomic E-state index is 12.1. The third kappa shape index (κ3) is 4.69. The maximum Gasteiger partial charge on any atom is 0.321 e. The summed E-state index contributed by atoms with van der Waals surface area (Å²) in [5.41, 5.74) is 5.63. The Kier molecular flexibility index (Phi) is 5.67. The molecule has 1 atom stereocenters. The molecule has 1 rings (SSSR count). The van der Waals surface area contributed by atoms with Gasteiger partial charge >= 0.3 is 5.97 Å². The first-order chi connectivity index (χ1) is 8.74. The van der Waals surface area contributed by atoms with Gasteiger partial charge in [0, 0.05) is 17.8 Å². The molecule has 0 aliphatic carbocycles. The first kappa shape index (κ1) is 16.3. The number of carboxylic acids is 1. The van der Waals surface area contributed by atoms with Gasteiger partial charge in [0.2, 0.25) is 5.91 Å². The van der Waals surface area contributed by atoms with E-state index in [1.807, 2.05) is 4.90 Å². The fraction of sp³-hybridized carbons (Fsp3) is 0.846. The van der Waals surface area contributed by atoms with Gasteiger partial charge in [-0.3, -0.25) is 9.59 Å². The van der Waals surface area contributed by atoms with Crippen LogP contribution in [0.4, 0.5) is 0 Å². The van der Waals surface area contributed by atoms with Crippen LogP contribution in [0.5, 0.6) is 0 Å². The molecule has 0 spiro atoms. The van der Waals surface area contributed by atoms with Crippen molar-refractivity contribution in [1.29, 1.82) is 0 Å². The number of carboxylic acid groups (broad SMARTS) is 1. The number of thioether (sulfide) groups is 1. The summed E-state index contributed by atoms with van der Waals surface area (Å²) >= 11 is 1.32. The molecule has 3 N–H and O–H groups in total. The minimum atomic E-state index is -1.03. The number of hydrogen-bond acceptors (Lipinski definition) is 4. The number of carbonyl (C=O) groups is 2. The van der Waals surface area contributed by atoms with Crippen molar-refractivity contribution in [2.45, 2.75) is 44.4 Å². The number of amides is 1. The Morgan fingerprint density at radius 2 is 1.95 bits per heavy atom. The van der Waals surface area contributed by atoms with Gasteiger partial charge < -0.3 is 15.7 Å². The van der Waals surface area contributed by atoms with Gasteiger partial charge in [-0.25, -0.2) is 0 Å². The second kappa shape index (κ2) is 6.61. The summed E-state index contributed by atoms with van der Waals surface area (Å²) in [5, 5.41) is 8.93. The molecule has 0 bridgehead atoms. The van der Waals surface area contributed by atoms with Crippen molar-refractivity contribution in [3.63, 3.8) is 0 Å². The Morgan fingerprint density at radius 1 is 1.42 bits per heavy atom. The summed E-state index contributed by atoms with van der Waals surface area (Å²) in [6.07, 6.45) is 2.10. The zero-order chi connectivity index (χ0) is 14.6. The Balaban J connectivity index is 2.43. The summed E-state index contributed by atoms with van der Waals surface area (Å²) in [5.74, 6) is 0.0374. The third-order valence-electron chi connectivity index (χ3n) is 3.72. The lowest BCUT2D eigenvalue weighted by atomic mass is 9.99. The number of likely N-dealkylation sites (tertiary alicyclic amines) is 1. The maximum absolute atomic E-state index is 12.1. The lowest BCUT2D eigenvalue weighted by molar-refractivity contribution is -0.139. The van der Waals surface area contributed by atoms with Crippen LogP contribution in [0.2, 0.25) is 0 Å². The van der Waals surface area contributed by atoms with Crippen molar-refractivity contribution in [2.24, 2.45) is 11.7 Å². The molecule has 0 aromatic carbocycles. The SMILES string of the molecule is CC1CCN(C(=O)CSC(C)(C)[C@@H](N)C(=O)O)CC1. The normalized spacial score (nSPS) is 19.3. The second-order valence-corrected chi connectivity index (χ2v) is 7.40. The van der Waals surface area contributed by atoms with Gasteiger partial charge in [0.1, 0.15) is 6.04 Å². The molecule has 1 fully saturated rings. The fourth-order valence-corrected chi connectivity index (χ4v) is 2.94. The lowest BCUT2D eigenvalue weighted by Crippen LogP contribution is -2.48. The van der Waals surface area contributed by atoms with Crippen molar-refractivity contribution in [2.75, 3.05) is 18.8 Å². The predicted octanol–water partition coefficient (Wildman–Crippen LogP) is 1.17. The zero-order valence-electron chi connectivity index (χ0n) is 11.9. The highest BCUT2D eigenvalue weighted by molar-refractivity contribution is 8.01. The molecule has 0 unspecified atom stereocenters. The molecule has 1 heterocycles. The van der Waals surface area contributed by atoms with E-state index in [0.717, 1.165) is 25.9 Å². The highest BCUT2D eigenvalue weighted by Crippen LogP contribution is 2.28. The van der Waals surface area contributed by atoms with E-state index < -0.39 is 16.8 Å². The smallest absolute Gasteiger partial charge is 0.321 e. The molecule has 6 heteroatoms. The van der Waals surface area contributed by atoms with Crippen molar-refractivity contribution in [3.8, 4) is 0 Å². The number of nitrogens with zero attached hydrogens (tertiary/aromatic N) is 1. The van der Waals surface area contributed by atoms with Crippen molar-refractivity contribution < 1.29 is 14.7 Å². The van der Waals surface area contributed by atoms with Crippen LogP contribution in [0.3, 0.4) is 0 Å². The average molecular weight is 288 g/mol. The third-order valence-corrected chi connectivity index (χ3v) is 5.11. The van der Waals surface area contributed by atoms with E-state index >= 15 is 0 Å². The van der Waals surface area contributed by atoms with E-state index in [1.54, 1.807) is 13.8 Å². The van der Waals surface area contributed by atoms with Crippen LogP contribution < -0.4 is 5.73 Å². The van der Waals surface area contributed by atoms with Gasteiger partial charge in [-0.15, -0.1) is 11.8 Å². The summed E-state index contributed by atoms with van der Waals surface area (Å²) in [7, 11) is 0. The predicted molar refractivity (Wildman–Crippen MR) is 77.1 cm³/mol. The second-order valence-electron chi connectivity index (χ2n) is 5.77. The Bertz CT molecular complexity index is 339. The minimum absolute atomic E-state index is 0.0857. The van der Waals surface area contributed by atoms with Crippen molar-refractivity contribution in [3.05, 3.63) is 0 Å². The molecule has 1 aliphatic rings. The molecule has 1 saturated heterocycles. The van der Waals surface area contributed by atoms with Crippen LogP contribution >= 0.6 is 11.8 Å².